The summed E-state index contributed by atoms with van der Waals surface area (Å²) >= 11 is 0. The molecule has 0 rings (SSSR count). The zero-order valence-corrected chi connectivity index (χ0v) is 15.5. The Morgan fingerprint density at radius 3 is 1.78 bits per heavy atom. The van der Waals surface area contributed by atoms with Crippen LogP contribution >= 0.6 is 0 Å². The lowest BCUT2D eigenvalue weighted by atomic mass is 10.0. The van der Waals surface area contributed by atoms with Crippen molar-refractivity contribution in [2.45, 2.75) is 96.8 Å². The number of carbonyl (C=O) groups excluding carboxylic acids is 1. The molecule has 23 heavy (non-hydrogen) atoms. The van der Waals surface area contributed by atoms with Crippen LogP contribution in [0.4, 0.5) is 0 Å². The Morgan fingerprint density at radius 1 is 0.826 bits per heavy atom. The van der Waals surface area contributed by atoms with Crippen LogP contribution in [0.2, 0.25) is 0 Å². The first kappa shape index (κ1) is 22.2. The van der Waals surface area contributed by atoms with Gasteiger partial charge >= 0.3 is 0 Å². The van der Waals surface area contributed by atoms with E-state index in [2.05, 4.69) is 12.2 Å². The van der Waals surface area contributed by atoms with E-state index in [-0.39, 0.29) is 5.91 Å². The molecule has 0 spiro atoms. The van der Waals surface area contributed by atoms with Gasteiger partial charge in [-0.25, -0.2) is 0 Å². The molecule has 0 fully saturated rings. The number of nitrogens with one attached hydrogen (secondary N) is 1. The summed E-state index contributed by atoms with van der Waals surface area (Å²) in [7, 11) is 0. The molecule has 0 saturated heterocycles. The summed E-state index contributed by atoms with van der Waals surface area (Å²) in [6.45, 7) is 3.33. The van der Waals surface area contributed by atoms with Gasteiger partial charge in [0.25, 0.3) is 0 Å². The Bertz CT molecular complexity index is 277. The fourth-order valence-corrected chi connectivity index (χ4v) is 2.72. The van der Waals surface area contributed by atoms with E-state index in [4.69, 9.17) is 5.73 Å². The number of hydrogen-bond donors (Lipinski definition) is 2. The Labute approximate surface area is 144 Å². The minimum atomic E-state index is -0.0230. The number of allylic oxidation sites excluding steroid dienone is 1. The lowest BCUT2D eigenvalue weighted by molar-refractivity contribution is -0.116. The largest absolute Gasteiger partial charge is 0.351 e. The standard InChI is InChI=1S/C20H40N2O/c1-2-3-4-5-6-7-8-9-10-11-12-13-14-15-16-17-20(23)22-19-18-21/h16-17H,2-15,18-19,21H2,1H3,(H,22,23). The number of nitrogens with two attached hydrogens (primary N) is 1. The molecule has 0 atom stereocenters. The molecular formula is C20H40N2O. The predicted octanol–water partition coefficient (Wildman–Crippen LogP) is 5.10. The highest BCUT2D eigenvalue weighted by molar-refractivity contribution is 5.87. The van der Waals surface area contributed by atoms with Crippen LogP contribution in [0.1, 0.15) is 96.8 Å². The number of unbranched alkanes of at least 4 members (excludes halogenated alkanes) is 13. The van der Waals surface area contributed by atoms with Crippen molar-refractivity contribution in [3.05, 3.63) is 12.2 Å². The first-order valence-corrected chi connectivity index (χ1v) is 9.95. The molecule has 3 nitrogen and oxygen atoms in total. The second-order valence-electron chi connectivity index (χ2n) is 6.51. The van der Waals surface area contributed by atoms with Gasteiger partial charge in [-0.2, -0.15) is 0 Å². The molecule has 0 saturated carbocycles. The molecule has 0 aromatic heterocycles. The topological polar surface area (TPSA) is 55.1 Å². The Hall–Kier alpha value is -0.830. The Morgan fingerprint density at radius 2 is 1.30 bits per heavy atom. The maximum absolute atomic E-state index is 11.3. The van der Waals surface area contributed by atoms with Gasteiger partial charge in [-0.1, -0.05) is 90.0 Å². The van der Waals surface area contributed by atoms with Crippen LogP contribution in [0.25, 0.3) is 0 Å². The lowest BCUT2D eigenvalue weighted by Crippen LogP contribution is -2.27. The van der Waals surface area contributed by atoms with E-state index in [1.54, 1.807) is 6.08 Å². The fourth-order valence-electron chi connectivity index (χ4n) is 2.72. The van der Waals surface area contributed by atoms with E-state index < -0.39 is 0 Å². The molecule has 0 aromatic carbocycles. The number of rotatable bonds is 17. The fraction of sp³-hybridized carbons (Fsp3) is 0.850. The summed E-state index contributed by atoms with van der Waals surface area (Å²) < 4.78 is 0. The van der Waals surface area contributed by atoms with E-state index in [0.717, 1.165) is 6.42 Å². The van der Waals surface area contributed by atoms with Crippen molar-refractivity contribution in [3.8, 4) is 0 Å². The summed E-state index contributed by atoms with van der Waals surface area (Å²) in [6.07, 6.45) is 22.5. The number of hydrogen-bond acceptors (Lipinski definition) is 2. The molecule has 0 aliphatic carbocycles. The van der Waals surface area contributed by atoms with Crippen molar-refractivity contribution in [1.82, 2.24) is 5.32 Å². The molecule has 0 heterocycles. The highest BCUT2D eigenvalue weighted by Crippen LogP contribution is 2.12. The summed E-state index contributed by atoms with van der Waals surface area (Å²) in [5, 5.41) is 2.73. The van der Waals surface area contributed by atoms with Crippen molar-refractivity contribution in [2.24, 2.45) is 5.73 Å². The SMILES string of the molecule is CCCCCCCCCCCCCCCC=CC(=O)NCCN. The molecule has 0 aliphatic rings. The lowest BCUT2D eigenvalue weighted by Gasteiger charge is -2.02. The van der Waals surface area contributed by atoms with Gasteiger partial charge in [0.2, 0.25) is 5.91 Å². The molecule has 136 valence electrons. The normalized spacial score (nSPS) is 11.2. The van der Waals surface area contributed by atoms with Gasteiger partial charge < -0.3 is 11.1 Å². The summed E-state index contributed by atoms with van der Waals surface area (Å²) in [4.78, 5) is 11.3. The van der Waals surface area contributed by atoms with Crippen molar-refractivity contribution >= 4 is 5.91 Å². The zero-order chi connectivity index (χ0) is 17.0. The molecule has 3 N–H and O–H groups in total. The molecule has 0 aliphatic heterocycles. The van der Waals surface area contributed by atoms with Gasteiger partial charge in [0, 0.05) is 13.1 Å². The zero-order valence-electron chi connectivity index (χ0n) is 15.5. The van der Waals surface area contributed by atoms with E-state index in [1.807, 2.05) is 6.08 Å². The summed E-state index contributed by atoms with van der Waals surface area (Å²) in [5.41, 5.74) is 5.32. The number of carbonyl (C=O) groups is 1. The molecule has 3 heteroatoms. The highest BCUT2D eigenvalue weighted by atomic mass is 16.1. The van der Waals surface area contributed by atoms with Gasteiger partial charge in [-0.3, -0.25) is 4.79 Å². The van der Waals surface area contributed by atoms with E-state index in [9.17, 15) is 4.79 Å². The molecule has 0 radical (unpaired) electrons. The first-order chi connectivity index (χ1) is 11.3. The van der Waals surface area contributed by atoms with Crippen LogP contribution in [0.5, 0.6) is 0 Å². The van der Waals surface area contributed by atoms with Crippen LogP contribution in [0, 0.1) is 0 Å². The monoisotopic (exact) mass is 324 g/mol. The minimum absolute atomic E-state index is 0.0230. The molecule has 0 aromatic rings. The van der Waals surface area contributed by atoms with E-state index in [1.165, 1.54) is 83.5 Å². The van der Waals surface area contributed by atoms with Crippen molar-refractivity contribution in [1.29, 1.82) is 0 Å². The van der Waals surface area contributed by atoms with Crippen LogP contribution in [-0.2, 0) is 4.79 Å². The quantitative estimate of drug-likeness (QED) is 0.289. The first-order valence-electron chi connectivity index (χ1n) is 9.95. The van der Waals surface area contributed by atoms with Crippen LogP contribution in [0.3, 0.4) is 0 Å². The van der Waals surface area contributed by atoms with Crippen LogP contribution in [0.15, 0.2) is 12.2 Å². The predicted molar refractivity (Wildman–Crippen MR) is 102 cm³/mol. The Kier molecular flexibility index (Phi) is 18.5. The third-order valence-corrected chi connectivity index (χ3v) is 4.19. The Balaban J connectivity index is 3.13. The van der Waals surface area contributed by atoms with Crippen molar-refractivity contribution in [2.75, 3.05) is 13.1 Å². The van der Waals surface area contributed by atoms with E-state index >= 15 is 0 Å². The molecule has 0 bridgehead atoms. The minimum Gasteiger partial charge on any atom is -0.351 e. The highest BCUT2D eigenvalue weighted by Gasteiger charge is 1.94. The second kappa shape index (κ2) is 19.2. The maximum Gasteiger partial charge on any atom is 0.243 e. The van der Waals surface area contributed by atoms with E-state index in [0.29, 0.717) is 13.1 Å². The average molecular weight is 325 g/mol. The van der Waals surface area contributed by atoms with Gasteiger partial charge in [-0.05, 0) is 18.9 Å². The van der Waals surface area contributed by atoms with Crippen molar-refractivity contribution in [3.63, 3.8) is 0 Å². The van der Waals surface area contributed by atoms with Gasteiger partial charge in [-0.15, -0.1) is 0 Å². The maximum atomic E-state index is 11.3. The smallest absolute Gasteiger partial charge is 0.243 e. The van der Waals surface area contributed by atoms with Gasteiger partial charge in [0.15, 0.2) is 0 Å². The molecule has 0 unspecified atom stereocenters. The summed E-state index contributed by atoms with van der Waals surface area (Å²) in [6, 6.07) is 0. The third kappa shape index (κ3) is 19.1. The third-order valence-electron chi connectivity index (χ3n) is 4.19. The summed E-state index contributed by atoms with van der Waals surface area (Å²) in [5.74, 6) is -0.0230. The molecular weight excluding hydrogens is 284 g/mol. The second-order valence-corrected chi connectivity index (χ2v) is 6.51. The van der Waals surface area contributed by atoms with Gasteiger partial charge in [0.1, 0.15) is 0 Å². The number of amides is 1. The van der Waals surface area contributed by atoms with Crippen LogP contribution < -0.4 is 11.1 Å². The molecule has 1 amide bonds. The van der Waals surface area contributed by atoms with Crippen LogP contribution in [-0.4, -0.2) is 19.0 Å². The van der Waals surface area contributed by atoms with Gasteiger partial charge in [0.05, 0.1) is 0 Å². The van der Waals surface area contributed by atoms with Crippen molar-refractivity contribution < 1.29 is 4.79 Å². The average Bonchev–Trinajstić information content (AvgIpc) is 2.56.